The number of hydrogen-bond acceptors (Lipinski definition) is 5. The van der Waals surface area contributed by atoms with Crippen LogP contribution in [-0.2, 0) is 0 Å². The molecular formula is C9H13FN4O. The molecule has 0 atom stereocenters. The highest BCUT2D eigenvalue weighted by Gasteiger charge is 2.06. The van der Waals surface area contributed by atoms with E-state index >= 15 is 0 Å². The quantitative estimate of drug-likeness (QED) is 0.321. The normalized spacial score (nSPS) is 9.73. The van der Waals surface area contributed by atoms with Crippen molar-refractivity contribution in [1.82, 2.24) is 9.97 Å². The molecule has 0 saturated heterocycles. The molecule has 1 rings (SSSR count). The second kappa shape index (κ2) is 5.92. The lowest BCUT2D eigenvalue weighted by atomic mass is 10.3. The predicted octanol–water partition coefficient (Wildman–Crippen LogP) is 1.25. The maximum atomic E-state index is 13.1. The second-order valence-corrected chi connectivity index (χ2v) is 2.77. The minimum atomic E-state index is -0.604. The Balaban J connectivity index is 2.54. The summed E-state index contributed by atoms with van der Waals surface area (Å²) >= 11 is 0. The summed E-state index contributed by atoms with van der Waals surface area (Å²) in [4.78, 5) is 7.30. The van der Waals surface area contributed by atoms with Crippen LogP contribution in [0.15, 0.2) is 18.9 Å². The molecule has 0 fully saturated rings. The lowest BCUT2D eigenvalue weighted by Crippen LogP contribution is -2.12. The first-order valence-electron chi connectivity index (χ1n) is 4.50. The Labute approximate surface area is 87.1 Å². The van der Waals surface area contributed by atoms with Crippen LogP contribution in [0.25, 0.3) is 0 Å². The predicted molar refractivity (Wildman–Crippen MR) is 54.7 cm³/mol. The molecule has 0 unspecified atom stereocenters. The average molecular weight is 212 g/mol. The van der Waals surface area contributed by atoms with Crippen LogP contribution in [0.4, 0.5) is 10.3 Å². The molecular weight excluding hydrogens is 199 g/mol. The van der Waals surface area contributed by atoms with Crippen molar-refractivity contribution in [3.05, 3.63) is 24.7 Å². The van der Waals surface area contributed by atoms with Gasteiger partial charge in [-0.1, -0.05) is 6.08 Å². The highest BCUT2D eigenvalue weighted by Crippen LogP contribution is 2.14. The molecule has 0 aliphatic rings. The molecule has 0 saturated carbocycles. The van der Waals surface area contributed by atoms with E-state index in [9.17, 15) is 4.39 Å². The fraction of sp³-hybridized carbons (Fsp3) is 0.333. The lowest BCUT2D eigenvalue weighted by Gasteiger charge is -2.06. The Bertz CT molecular complexity index is 332. The molecule has 0 bridgehead atoms. The van der Waals surface area contributed by atoms with Crippen LogP contribution in [0.1, 0.15) is 12.8 Å². The number of rotatable bonds is 6. The van der Waals surface area contributed by atoms with Gasteiger partial charge in [0.05, 0.1) is 12.8 Å². The lowest BCUT2D eigenvalue weighted by molar-refractivity contribution is 0.283. The summed E-state index contributed by atoms with van der Waals surface area (Å²) in [5.74, 6) is 4.50. The number of unbranched alkanes of at least 4 members (excludes halogenated alkanes) is 1. The number of ether oxygens (including phenoxy) is 1. The van der Waals surface area contributed by atoms with Crippen molar-refractivity contribution < 1.29 is 9.13 Å². The molecule has 5 nitrogen and oxygen atoms in total. The Kier molecular flexibility index (Phi) is 4.49. The number of hydrogen-bond donors (Lipinski definition) is 2. The van der Waals surface area contributed by atoms with Gasteiger partial charge in [-0.2, -0.15) is 9.37 Å². The maximum absolute atomic E-state index is 13.1. The summed E-state index contributed by atoms with van der Waals surface area (Å²) in [6.07, 6.45) is 4.35. The largest absolute Gasteiger partial charge is 0.475 e. The summed E-state index contributed by atoms with van der Waals surface area (Å²) in [5, 5.41) is 0. The first-order chi connectivity index (χ1) is 7.27. The van der Waals surface area contributed by atoms with E-state index in [-0.39, 0.29) is 11.8 Å². The first-order valence-corrected chi connectivity index (χ1v) is 4.50. The summed E-state index contributed by atoms with van der Waals surface area (Å²) < 4.78 is 18.2. The molecule has 1 heterocycles. The van der Waals surface area contributed by atoms with E-state index in [1.165, 1.54) is 0 Å². The first kappa shape index (κ1) is 11.4. The topological polar surface area (TPSA) is 73.1 Å². The number of nitrogens with two attached hydrogens (primary N) is 1. The Morgan fingerprint density at radius 2 is 2.47 bits per heavy atom. The standard InChI is InChI=1S/C9H13FN4O/c1-2-3-4-5-15-8-7(10)6-12-9(13-8)14-11/h2,6H,1,3-5,11H2,(H,12,13,14). The molecule has 82 valence electrons. The number of hydrazine groups is 1. The minimum absolute atomic E-state index is 0.0954. The highest BCUT2D eigenvalue weighted by molar-refractivity contribution is 5.26. The Morgan fingerprint density at radius 1 is 1.67 bits per heavy atom. The zero-order chi connectivity index (χ0) is 11.1. The van der Waals surface area contributed by atoms with Crippen molar-refractivity contribution in [1.29, 1.82) is 0 Å². The highest BCUT2D eigenvalue weighted by atomic mass is 19.1. The third-order valence-corrected chi connectivity index (χ3v) is 1.63. The van der Waals surface area contributed by atoms with Gasteiger partial charge in [0, 0.05) is 0 Å². The van der Waals surface area contributed by atoms with Crippen LogP contribution in [-0.4, -0.2) is 16.6 Å². The molecule has 1 aromatic rings. The molecule has 0 spiro atoms. The molecule has 0 aliphatic carbocycles. The molecule has 0 aromatic carbocycles. The monoisotopic (exact) mass is 212 g/mol. The van der Waals surface area contributed by atoms with Gasteiger partial charge in [0.25, 0.3) is 5.88 Å². The summed E-state index contributed by atoms with van der Waals surface area (Å²) in [5.41, 5.74) is 2.21. The SMILES string of the molecule is C=CCCCOc1nc(NN)ncc1F. The Hall–Kier alpha value is -1.69. The van der Waals surface area contributed by atoms with Crippen LogP contribution in [0, 0.1) is 5.82 Å². The van der Waals surface area contributed by atoms with Crippen molar-refractivity contribution in [3.63, 3.8) is 0 Å². The van der Waals surface area contributed by atoms with Gasteiger partial charge in [-0.25, -0.2) is 10.8 Å². The molecule has 6 heteroatoms. The fourth-order valence-corrected chi connectivity index (χ4v) is 0.919. The smallest absolute Gasteiger partial charge is 0.255 e. The van der Waals surface area contributed by atoms with E-state index in [0.717, 1.165) is 19.0 Å². The number of nitrogens with zero attached hydrogens (tertiary/aromatic N) is 2. The third kappa shape index (κ3) is 3.51. The van der Waals surface area contributed by atoms with Gasteiger partial charge < -0.3 is 4.74 Å². The minimum Gasteiger partial charge on any atom is -0.475 e. The summed E-state index contributed by atoms with van der Waals surface area (Å²) in [6, 6.07) is 0. The van der Waals surface area contributed by atoms with E-state index in [2.05, 4.69) is 22.0 Å². The van der Waals surface area contributed by atoms with Crippen molar-refractivity contribution in [3.8, 4) is 5.88 Å². The average Bonchev–Trinajstić information content (AvgIpc) is 2.26. The van der Waals surface area contributed by atoms with Gasteiger partial charge in [-0.3, -0.25) is 5.43 Å². The van der Waals surface area contributed by atoms with Gasteiger partial charge in [0.2, 0.25) is 11.8 Å². The maximum Gasteiger partial charge on any atom is 0.255 e. The molecule has 1 aromatic heterocycles. The number of nitrogens with one attached hydrogen (secondary N) is 1. The van der Waals surface area contributed by atoms with Gasteiger partial charge in [-0.15, -0.1) is 6.58 Å². The van der Waals surface area contributed by atoms with Gasteiger partial charge in [0.1, 0.15) is 0 Å². The van der Waals surface area contributed by atoms with E-state index in [1.807, 2.05) is 0 Å². The van der Waals surface area contributed by atoms with Crippen molar-refractivity contribution in [2.75, 3.05) is 12.0 Å². The van der Waals surface area contributed by atoms with E-state index in [0.29, 0.717) is 6.61 Å². The van der Waals surface area contributed by atoms with Crippen LogP contribution in [0.5, 0.6) is 5.88 Å². The van der Waals surface area contributed by atoms with E-state index in [1.54, 1.807) is 6.08 Å². The number of anilines is 1. The number of aromatic nitrogens is 2. The van der Waals surface area contributed by atoms with E-state index in [4.69, 9.17) is 10.6 Å². The number of allylic oxidation sites excluding steroid dienone is 1. The Morgan fingerprint density at radius 3 is 3.13 bits per heavy atom. The van der Waals surface area contributed by atoms with Crippen molar-refractivity contribution in [2.24, 2.45) is 5.84 Å². The van der Waals surface area contributed by atoms with Gasteiger partial charge >= 0.3 is 0 Å². The molecule has 3 N–H and O–H groups in total. The molecule has 0 radical (unpaired) electrons. The third-order valence-electron chi connectivity index (χ3n) is 1.63. The fourth-order valence-electron chi connectivity index (χ4n) is 0.919. The van der Waals surface area contributed by atoms with Crippen LogP contribution >= 0.6 is 0 Å². The number of nitrogen functional groups attached to an aromatic ring is 1. The molecule has 15 heavy (non-hydrogen) atoms. The van der Waals surface area contributed by atoms with Crippen molar-refractivity contribution >= 4 is 5.95 Å². The van der Waals surface area contributed by atoms with Crippen LogP contribution in [0.2, 0.25) is 0 Å². The molecule has 0 aliphatic heterocycles. The van der Waals surface area contributed by atoms with Crippen molar-refractivity contribution in [2.45, 2.75) is 12.8 Å². The van der Waals surface area contributed by atoms with Gasteiger partial charge in [0.15, 0.2) is 0 Å². The zero-order valence-electron chi connectivity index (χ0n) is 8.24. The van der Waals surface area contributed by atoms with Crippen LogP contribution in [0.3, 0.4) is 0 Å². The van der Waals surface area contributed by atoms with Gasteiger partial charge in [-0.05, 0) is 12.8 Å². The summed E-state index contributed by atoms with van der Waals surface area (Å²) in [6.45, 7) is 3.95. The zero-order valence-corrected chi connectivity index (χ0v) is 8.24. The summed E-state index contributed by atoms with van der Waals surface area (Å²) in [7, 11) is 0. The molecule has 0 amide bonds. The second-order valence-electron chi connectivity index (χ2n) is 2.77. The van der Waals surface area contributed by atoms with E-state index < -0.39 is 5.82 Å². The number of halogens is 1. The van der Waals surface area contributed by atoms with Crippen LogP contribution < -0.4 is 16.0 Å².